The zero-order valence-electron chi connectivity index (χ0n) is 12.6. The number of urea groups is 1. The molecule has 0 aliphatic rings. The molecule has 2 unspecified atom stereocenters. The number of nitrogens with one attached hydrogen (secondary N) is 2. The monoisotopic (exact) mass is 314 g/mol. The number of amides is 2. The van der Waals surface area contributed by atoms with Crippen LogP contribution in [0.25, 0.3) is 0 Å². The van der Waals surface area contributed by atoms with Gasteiger partial charge in [-0.3, -0.25) is 0 Å². The third kappa shape index (κ3) is 5.93. The summed E-state index contributed by atoms with van der Waals surface area (Å²) in [6, 6.07) is 5.40. The van der Waals surface area contributed by atoms with Crippen LogP contribution in [0.5, 0.6) is 0 Å². The second-order valence-corrected chi connectivity index (χ2v) is 6.08. The molecule has 0 heterocycles. The summed E-state index contributed by atoms with van der Waals surface area (Å²) in [5, 5.41) is 15.9. The molecule has 1 aromatic carbocycles. The Morgan fingerprint density at radius 1 is 1.43 bits per heavy atom. The summed E-state index contributed by atoms with van der Waals surface area (Å²) in [5.74, 6) is 0.487. The average Bonchev–Trinajstić information content (AvgIpc) is 2.45. The molecule has 4 nitrogen and oxygen atoms in total. The van der Waals surface area contributed by atoms with Gasteiger partial charge in [-0.1, -0.05) is 19.1 Å². The molecule has 2 atom stereocenters. The molecule has 3 N–H and O–H groups in total. The summed E-state index contributed by atoms with van der Waals surface area (Å²) in [6.45, 7) is 3.65. The molecule has 0 radical (unpaired) electrons. The largest absolute Gasteiger partial charge is 0.384 e. The van der Waals surface area contributed by atoms with Crippen LogP contribution in [0.3, 0.4) is 0 Å². The first-order chi connectivity index (χ1) is 9.89. The van der Waals surface area contributed by atoms with Crippen LogP contribution in [0.4, 0.5) is 9.18 Å². The number of thioether (sulfide) groups is 1. The molecule has 0 bridgehead atoms. The highest BCUT2D eigenvalue weighted by Gasteiger charge is 2.24. The van der Waals surface area contributed by atoms with Gasteiger partial charge in [-0.2, -0.15) is 11.8 Å². The third-order valence-corrected chi connectivity index (χ3v) is 3.99. The predicted octanol–water partition coefficient (Wildman–Crippen LogP) is 2.47. The minimum Gasteiger partial charge on any atom is -0.384 e. The Kier molecular flexibility index (Phi) is 6.98. The van der Waals surface area contributed by atoms with Gasteiger partial charge in [-0.25, -0.2) is 9.18 Å². The molecule has 6 heteroatoms. The summed E-state index contributed by atoms with van der Waals surface area (Å²) >= 11 is 1.67. The van der Waals surface area contributed by atoms with Crippen LogP contribution in [0, 0.1) is 5.82 Å². The van der Waals surface area contributed by atoms with Crippen molar-refractivity contribution in [2.45, 2.75) is 31.9 Å². The van der Waals surface area contributed by atoms with E-state index in [9.17, 15) is 14.3 Å². The van der Waals surface area contributed by atoms with Crippen molar-refractivity contribution < 1.29 is 14.3 Å². The number of rotatable bonds is 7. The number of hydrogen-bond acceptors (Lipinski definition) is 3. The van der Waals surface area contributed by atoms with Gasteiger partial charge >= 0.3 is 6.03 Å². The molecule has 0 fully saturated rings. The zero-order chi connectivity index (χ0) is 15.9. The van der Waals surface area contributed by atoms with Crippen LogP contribution in [-0.2, 0) is 5.60 Å². The molecule has 0 saturated heterocycles. The SMILES string of the molecule is CCC(CSC)NC(=O)NCC(C)(O)c1ccc(F)cc1. The first-order valence-corrected chi connectivity index (χ1v) is 8.30. The topological polar surface area (TPSA) is 61.4 Å². The third-order valence-electron chi connectivity index (χ3n) is 3.26. The van der Waals surface area contributed by atoms with Gasteiger partial charge in [0.1, 0.15) is 11.4 Å². The highest BCUT2D eigenvalue weighted by Crippen LogP contribution is 2.19. The van der Waals surface area contributed by atoms with Gasteiger partial charge in [0.15, 0.2) is 0 Å². The van der Waals surface area contributed by atoms with Crippen LogP contribution < -0.4 is 10.6 Å². The van der Waals surface area contributed by atoms with Crippen molar-refractivity contribution in [2.24, 2.45) is 0 Å². The normalized spacial score (nSPS) is 15.1. The lowest BCUT2D eigenvalue weighted by atomic mass is 9.96. The Bertz CT molecular complexity index is 451. The van der Waals surface area contributed by atoms with Gasteiger partial charge in [0, 0.05) is 11.8 Å². The molecule has 0 aliphatic carbocycles. The Labute approximate surface area is 129 Å². The number of hydrogen-bond donors (Lipinski definition) is 3. The van der Waals surface area contributed by atoms with Crippen molar-refractivity contribution in [1.82, 2.24) is 10.6 Å². The molecular formula is C15H23FN2O2S. The van der Waals surface area contributed by atoms with E-state index in [0.29, 0.717) is 5.56 Å². The lowest BCUT2D eigenvalue weighted by Gasteiger charge is -2.25. The number of halogens is 1. The number of carbonyl (C=O) groups excluding carboxylic acids is 1. The smallest absolute Gasteiger partial charge is 0.315 e. The van der Waals surface area contributed by atoms with Crippen molar-refractivity contribution in [3.05, 3.63) is 35.6 Å². The summed E-state index contributed by atoms with van der Waals surface area (Å²) < 4.78 is 12.9. The second kappa shape index (κ2) is 8.24. The van der Waals surface area contributed by atoms with E-state index in [1.807, 2.05) is 13.2 Å². The maximum Gasteiger partial charge on any atom is 0.315 e. The van der Waals surface area contributed by atoms with E-state index in [-0.39, 0.29) is 24.4 Å². The zero-order valence-corrected chi connectivity index (χ0v) is 13.5. The van der Waals surface area contributed by atoms with Crippen LogP contribution in [0.1, 0.15) is 25.8 Å². The molecule has 0 aliphatic heterocycles. The molecule has 0 saturated carbocycles. The van der Waals surface area contributed by atoms with Crippen molar-refractivity contribution in [3.8, 4) is 0 Å². The van der Waals surface area contributed by atoms with Crippen LogP contribution >= 0.6 is 11.8 Å². The minimum absolute atomic E-state index is 0.0557. The van der Waals surface area contributed by atoms with E-state index in [0.717, 1.165) is 12.2 Å². The fraction of sp³-hybridized carbons (Fsp3) is 0.533. The summed E-state index contributed by atoms with van der Waals surface area (Å²) in [4.78, 5) is 11.8. The molecule has 0 spiro atoms. The molecule has 1 aromatic rings. The van der Waals surface area contributed by atoms with E-state index < -0.39 is 5.60 Å². The van der Waals surface area contributed by atoms with Gasteiger partial charge in [-0.05, 0) is 37.3 Å². The van der Waals surface area contributed by atoms with E-state index in [1.54, 1.807) is 18.7 Å². The Morgan fingerprint density at radius 3 is 2.57 bits per heavy atom. The summed E-state index contributed by atoms with van der Waals surface area (Å²) in [5.41, 5.74) is -0.688. The Morgan fingerprint density at radius 2 is 2.05 bits per heavy atom. The average molecular weight is 314 g/mol. The van der Waals surface area contributed by atoms with E-state index >= 15 is 0 Å². The van der Waals surface area contributed by atoms with E-state index in [2.05, 4.69) is 10.6 Å². The fourth-order valence-corrected chi connectivity index (χ4v) is 2.58. The van der Waals surface area contributed by atoms with Crippen LogP contribution in [0.2, 0.25) is 0 Å². The molecule has 118 valence electrons. The van der Waals surface area contributed by atoms with Crippen molar-refractivity contribution in [1.29, 1.82) is 0 Å². The molecular weight excluding hydrogens is 291 g/mol. The Balaban J connectivity index is 2.52. The van der Waals surface area contributed by atoms with Gasteiger partial charge in [0.05, 0.1) is 6.54 Å². The lowest BCUT2D eigenvalue weighted by Crippen LogP contribution is -2.47. The molecule has 2 amide bonds. The highest BCUT2D eigenvalue weighted by atomic mass is 32.2. The number of benzene rings is 1. The van der Waals surface area contributed by atoms with Gasteiger partial charge in [0.2, 0.25) is 0 Å². The molecule has 1 rings (SSSR count). The van der Waals surface area contributed by atoms with Gasteiger partial charge < -0.3 is 15.7 Å². The van der Waals surface area contributed by atoms with E-state index in [4.69, 9.17) is 0 Å². The van der Waals surface area contributed by atoms with Crippen LogP contribution in [-0.4, -0.2) is 35.7 Å². The maximum absolute atomic E-state index is 12.9. The predicted molar refractivity (Wildman–Crippen MR) is 85.0 cm³/mol. The van der Waals surface area contributed by atoms with Crippen molar-refractivity contribution >= 4 is 17.8 Å². The van der Waals surface area contributed by atoms with Gasteiger partial charge in [0.25, 0.3) is 0 Å². The second-order valence-electron chi connectivity index (χ2n) is 5.17. The highest BCUT2D eigenvalue weighted by molar-refractivity contribution is 7.98. The summed E-state index contributed by atoms with van der Waals surface area (Å²) in [6.07, 6.45) is 2.84. The standard InChI is InChI=1S/C15H23FN2O2S/c1-4-13(9-21-3)18-14(19)17-10-15(2,20)11-5-7-12(16)8-6-11/h5-8,13,20H,4,9-10H2,1-3H3,(H2,17,18,19). The fourth-order valence-electron chi connectivity index (χ4n) is 1.86. The summed E-state index contributed by atoms with van der Waals surface area (Å²) in [7, 11) is 0. The maximum atomic E-state index is 12.9. The van der Waals surface area contributed by atoms with Crippen molar-refractivity contribution in [3.63, 3.8) is 0 Å². The quantitative estimate of drug-likeness (QED) is 0.724. The number of carbonyl (C=O) groups is 1. The lowest BCUT2D eigenvalue weighted by molar-refractivity contribution is 0.0592. The number of aliphatic hydroxyl groups is 1. The molecule has 0 aromatic heterocycles. The van der Waals surface area contributed by atoms with Crippen LogP contribution in [0.15, 0.2) is 24.3 Å². The minimum atomic E-state index is -1.24. The van der Waals surface area contributed by atoms with Gasteiger partial charge in [-0.15, -0.1) is 0 Å². The first-order valence-electron chi connectivity index (χ1n) is 6.90. The van der Waals surface area contributed by atoms with Crippen molar-refractivity contribution in [2.75, 3.05) is 18.6 Å². The first kappa shape index (κ1) is 17.8. The molecule has 21 heavy (non-hydrogen) atoms. The van der Waals surface area contributed by atoms with E-state index in [1.165, 1.54) is 24.3 Å². The Hall–Kier alpha value is -1.27.